The predicted molar refractivity (Wildman–Crippen MR) is 74.8 cm³/mol. The highest BCUT2D eigenvalue weighted by Gasteiger charge is 2.16. The van der Waals surface area contributed by atoms with Gasteiger partial charge in [-0.25, -0.2) is 0 Å². The zero-order valence-corrected chi connectivity index (χ0v) is 10.9. The number of rotatable bonds is 2. The summed E-state index contributed by atoms with van der Waals surface area (Å²) < 4.78 is 0. The first kappa shape index (κ1) is 12.8. The molecule has 0 amide bonds. The van der Waals surface area contributed by atoms with E-state index in [1.54, 1.807) is 30.3 Å². The molecule has 0 aromatic heterocycles. The zero-order chi connectivity index (χ0) is 13.1. The summed E-state index contributed by atoms with van der Waals surface area (Å²) in [5.74, 6) is -0.421. The number of nitrogens with zero attached hydrogens (tertiary/aromatic N) is 1. The van der Waals surface area contributed by atoms with E-state index in [1.807, 2.05) is 12.1 Å². The highest BCUT2D eigenvalue weighted by Crippen LogP contribution is 2.31. The molecule has 0 aliphatic heterocycles. The number of nitriles is 1. The van der Waals surface area contributed by atoms with Crippen LogP contribution in [0, 0.1) is 11.3 Å². The van der Waals surface area contributed by atoms with Gasteiger partial charge in [0.1, 0.15) is 0 Å². The minimum absolute atomic E-state index is 0.421. The lowest BCUT2D eigenvalue weighted by molar-refractivity contribution is 1.04. The molecule has 0 aliphatic carbocycles. The zero-order valence-electron chi connectivity index (χ0n) is 9.40. The molecule has 2 aromatic carbocycles. The summed E-state index contributed by atoms with van der Waals surface area (Å²) in [6.45, 7) is 0. The van der Waals surface area contributed by atoms with Crippen LogP contribution in [0.5, 0.6) is 0 Å². The van der Waals surface area contributed by atoms with Gasteiger partial charge in [-0.1, -0.05) is 41.4 Å². The van der Waals surface area contributed by atoms with Gasteiger partial charge in [0, 0.05) is 15.7 Å². The van der Waals surface area contributed by atoms with Crippen molar-refractivity contribution in [2.24, 2.45) is 0 Å². The van der Waals surface area contributed by atoms with Gasteiger partial charge in [0.15, 0.2) is 0 Å². The molecule has 2 aromatic rings. The summed E-state index contributed by atoms with van der Waals surface area (Å²) in [5, 5.41) is 10.4. The maximum atomic E-state index is 9.32. The van der Waals surface area contributed by atoms with Crippen molar-refractivity contribution in [3.05, 3.63) is 63.6 Å². The molecule has 0 saturated carbocycles. The van der Waals surface area contributed by atoms with E-state index in [1.165, 1.54) is 0 Å². The Bertz CT molecular complexity index is 600. The fourth-order valence-electron chi connectivity index (χ4n) is 1.75. The Morgan fingerprint density at radius 3 is 2.28 bits per heavy atom. The Balaban J connectivity index is 2.46. The number of anilines is 1. The Kier molecular flexibility index (Phi) is 3.76. The van der Waals surface area contributed by atoms with Crippen LogP contribution in [0.4, 0.5) is 5.69 Å². The Morgan fingerprint density at radius 1 is 1.06 bits per heavy atom. The maximum absolute atomic E-state index is 9.32. The van der Waals surface area contributed by atoms with Crippen molar-refractivity contribution in [1.29, 1.82) is 5.26 Å². The maximum Gasteiger partial charge on any atom is 0.0977 e. The molecule has 1 unspecified atom stereocenters. The molecule has 0 bridgehead atoms. The van der Waals surface area contributed by atoms with Gasteiger partial charge >= 0.3 is 0 Å². The Morgan fingerprint density at radius 2 is 1.72 bits per heavy atom. The largest absolute Gasteiger partial charge is 0.399 e. The first-order valence-electron chi connectivity index (χ1n) is 5.32. The van der Waals surface area contributed by atoms with Crippen LogP contribution in [0.25, 0.3) is 0 Å². The van der Waals surface area contributed by atoms with Gasteiger partial charge in [-0.3, -0.25) is 0 Å². The molecule has 2 rings (SSSR count). The molecule has 4 heteroatoms. The summed E-state index contributed by atoms with van der Waals surface area (Å²) in [7, 11) is 0. The summed E-state index contributed by atoms with van der Waals surface area (Å²) >= 11 is 12.0. The average molecular weight is 277 g/mol. The Hall–Kier alpha value is -1.69. The van der Waals surface area contributed by atoms with E-state index in [0.29, 0.717) is 15.7 Å². The SMILES string of the molecule is N#CC(c1ccc(N)cc1)c1ccc(Cl)cc1Cl. The van der Waals surface area contributed by atoms with Crippen LogP contribution in [0.3, 0.4) is 0 Å². The van der Waals surface area contributed by atoms with Gasteiger partial charge in [-0.15, -0.1) is 0 Å². The predicted octanol–water partition coefficient (Wildman–Crippen LogP) is 4.23. The number of halogens is 2. The summed E-state index contributed by atoms with van der Waals surface area (Å²) in [4.78, 5) is 0. The van der Waals surface area contributed by atoms with Crippen molar-refractivity contribution in [3.8, 4) is 6.07 Å². The van der Waals surface area contributed by atoms with E-state index >= 15 is 0 Å². The third-order valence-electron chi connectivity index (χ3n) is 2.67. The van der Waals surface area contributed by atoms with Crippen molar-refractivity contribution >= 4 is 28.9 Å². The van der Waals surface area contributed by atoms with Gasteiger partial charge in [-0.05, 0) is 35.4 Å². The van der Waals surface area contributed by atoms with E-state index in [0.717, 1.165) is 11.1 Å². The monoisotopic (exact) mass is 276 g/mol. The quantitative estimate of drug-likeness (QED) is 0.835. The smallest absolute Gasteiger partial charge is 0.0977 e. The molecule has 90 valence electrons. The second-order valence-electron chi connectivity index (χ2n) is 3.89. The van der Waals surface area contributed by atoms with Gasteiger partial charge in [0.25, 0.3) is 0 Å². The lowest BCUT2D eigenvalue weighted by Crippen LogP contribution is -1.99. The molecule has 2 nitrogen and oxygen atoms in total. The van der Waals surface area contributed by atoms with Gasteiger partial charge in [0.2, 0.25) is 0 Å². The van der Waals surface area contributed by atoms with Crippen molar-refractivity contribution in [1.82, 2.24) is 0 Å². The molecular weight excluding hydrogens is 267 g/mol. The second kappa shape index (κ2) is 5.30. The van der Waals surface area contributed by atoms with Crippen LogP contribution in [-0.2, 0) is 0 Å². The third kappa shape index (κ3) is 2.59. The molecule has 18 heavy (non-hydrogen) atoms. The molecule has 0 spiro atoms. The average Bonchev–Trinajstić information content (AvgIpc) is 2.35. The van der Waals surface area contributed by atoms with E-state index in [4.69, 9.17) is 28.9 Å². The topological polar surface area (TPSA) is 49.8 Å². The number of hydrogen-bond acceptors (Lipinski definition) is 2. The fraction of sp³-hybridized carbons (Fsp3) is 0.0714. The summed E-state index contributed by atoms with van der Waals surface area (Å²) in [6.07, 6.45) is 0. The fourth-order valence-corrected chi connectivity index (χ4v) is 2.27. The van der Waals surface area contributed by atoms with Crippen LogP contribution < -0.4 is 5.73 Å². The van der Waals surface area contributed by atoms with Crippen LogP contribution in [0.15, 0.2) is 42.5 Å². The number of nitrogens with two attached hydrogens (primary N) is 1. The minimum Gasteiger partial charge on any atom is -0.399 e. The second-order valence-corrected chi connectivity index (χ2v) is 4.74. The van der Waals surface area contributed by atoms with Crippen LogP contribution in [-0.4, -0.2) is 0 Å². The number of hydrogen-bond donors (Lipinski definition) is 1. The molecule has 0 heterocycles. The molecule has 0 radical (unpaired) electrons. The summed E-state index contributed by atoms with van der Waals surface area (Å²) in [6, 6.07) is 14.6. The first-order valence-corrected chi connectivity index (χ1v) is 6.07. The number of nitrogen functional groups attached to an aromatic ring is 1. The summed E-state index contributed by atoms with van der Waals surface area (Å²) in [5.41, 5.74) is 7.90. The highest BCUT2D eigenvalue weighted by atomic mass is 35.5. The van der Waals surface area contributed by atoms with Gasteiger partial charge in [-0.2, -0.15) is 5.26 Å². The molecule has 2 N–H and O–H groups in total. The molecule has 0 saturated heterocycles. The molecular formula is C14H10Cl2N2. The van der Waals surface area contributed by atoms with Crippen LogP contribution in [0.2, 0.25) is 10.0 Å². The minimum atomic E-state index is -0.421. The number of benzene rings is 2. The highest BCUT2D eigenvalue weighted by molar-refractivity contribution is 6.35. The van der Waals surface area contributed by atoms with Crippen LogP contribution >= 0.6 is 23.2 Å². The lowest BCUT2D eigenvalue weighted by Gasteiger charge is -2.12. The standard InChI is InChI=1S/C14H10Cl2N2/c15-10-3-6-12(14(16)7-10)13(8-17)9-1-4-11(18)5-2-9/h1-7,13H,18H2. The van der Waals surface area contributed by atoms with Crippen molar-refractivity contribution in [3.63, 3.8) is 0 Å². The first-order chi connectivity index (χ1) is 8.61. The van der Waals surface area contributed by atoms with Crippen molar-refractivity contribution in [2.45, 2.75) is 5.92 Å². The van der Waals surface area contributed by atoms with E-state index in [9.17, 15) is 5.26 Å². The molecule has 1 atom stereocenters. The third-order valence-corrected chi connectivity index (χ3v) is 3.23. The van der Waals surface area contributed by atoms with Gasteiger partial charge in [0.05, 0.1) is 12.0 Å². The molecule has 0 aliphatic rings. The van der Waals surface area contributed by atoms with Crippen molar-refractivity contribution in [2.75, 3.05) is 5.73 Å². The normalized spacial score (nSPS) is 11.8. The Labute approximate surface area is 116 Å². The van der Waals surface area contributed by atoms with Crippen LogP contribution in [0.1, 0.15) is 17.0 Å². The van der Waals surface area contributed by atoms with Crippen molar-refractivity contribution < 1.29 is 0 Å². The van der Waals surface area contributed by atoms with Gasteiger partial charge < -0.3 is 5.73 Å². The van der Waals surface area contributed by atoms with E-state index < -0.39 is 5.92 Å². The van der Waals surface area contributed by atoms with E-state index in [-0.39, 0.29) is 0 Å². The lowest BCUT2D eigenvalue weighted by atomic mass is 9.92. The van der Waals surface area contributed by atoms with E-state index in [2.05, 4.69) is 6.07 Å². The molecule has 0 fully saturated rings.